The van der Waals surface area contributed by atoms with Crippen LogP contribution in [-0.4, -0.2) is 4.98 Å². The molecule has 0 saturated carbocycles. The molecule has 3 nitrogen and oxygen atoms in total. The Morgan fingerprint density at radius 1 is 1.04 bits per heavy atom. The first-order valence-corrected chi connectivity index (χ1v) is 7.50. The van der Waals surface area contributed by atoms with Crippen molar-refractivity contribution in [3.63, 3.8) is 0 Å². The highest BCUT2D eigenvalue weighted by atomic mass is 16.5. The molecule has 0 aliphatic carbocycles. The number of nitrogens with zero attached hydrogens (tertiary/aromatic N) is 2. The first-order valence-electron chi connectivity index (χ1n) is 7.50. The molecule has 0 spiro atoms. The number of benzene rings is 2. The van der Waals surface area contributed by atoms with E-state index in [-0.39, 0.29) is 5.92 Å². The Bertz CT molecular complexity index is 968. The number of hydrogen-bond donors (Lipinski definition) is 0. The van der Waals surface area contributed by atoms with E-state index < -0.39 is 0 Å². The summed E-state index contributed by atoms with van der Waals surface area (Å²) in [5.74, 6) is 1.40. The summed E-state index contributed by atoms with van der Waals surface area (Å²) in [6.07, 6.45) is 3.52. The van der Waals surface area contributed by atoms with Crippen LogP contribution in [0.2, 0.25) is 0 Å². The molecule has 1 atom stereocenters. The van der Waals surface area contributed by atoms with E-state index in [1.54, 1.807) is 12.4 Å². The molecule has 0 N–H and O–H groups in total. The highest BCUT2D eigenvalue weighted by molar-refractivity contribution is 5.90. The number of allylic oxidation sites excluding steroid dienone is 2. The molecule has 0 saturated heterocycles. The Labute approximate surface area is 134 Å². The molecular formula is C20H14N2O. The number of aromatic nitrogens is 1. The van der Waals surface area contributed by atoms with Gasteiger partial charge in [0.25, 0.3) is 0 Å². The van der Waals surface area contributed by atoms with Gasteiger partial charge in [-0.15, -0.1) is 0 Å². The highest BCUT2D eigenvalue weighted by Gasteiger charge is 2.30. The van der Waals surface area contributed by atoms with Crippen LogP contribution in [0.3, 0.4) is 0 Å². The number of hydrogen-bond acceptors (Lipinski definition) is 3. The molecule has 1 unspecified atom stereocenters. The average Bonchev–Trinajstić information content (AvgIpc) is 2.61. The number of nitriles is 1. The summed E-state index contributed by atoms with van der Waals surface area (Å²) in [6, 6.07) is 18.5. The second-order valence-corrected chi connectivity index (χ2v) is 5.60. The molecular weight excluding hydrogens is 284 g/mol. The highest BCUT2D eigenvalue weighted by Crippen LogP contribution is 2.45. The molecule has 3 heteroatoms. The van der Waals surface area contributed by atoms with E-state index in [2.05, 4.69) is 35.3 Å². The van der Waals surface area contributed by atoms with Gasteiger partial charge < -0.3 is 4.74 Å². The van der Waals surface area contributed by atoms with Crippen LogP contribution >= 0.6 is 0 Å². The summed E-state index contributed by atoms with van der Waals surface area (Å²) in [7, 11) is 0. The molecule has 110 valence electrons. The molecule has 2 heterocycles. The molecule has 0 bridgehead atoms. The molecule has 3 aromatic rings. The van der Waals surface area contributed by atoms with Gasteiger partial charge in [0.05, 0.1) is 17.6 Å². The van der Waals surface area contributed by atoms with Crippen molar-refractivity contribution >= 4 is 10.8 Å². The molecule has 1 aliphatic heterocycles. The van der Waals surface area contributed by atoms with E-state index >= 15 is 0 Å². The normalized spacial score (nSPS) is 16.6. The van der Waals surface area contributed by atoms with Gasteiger partial charge in [-0.1, -0.05) is 36.4 Å². The van der Waals surface area contributed by atoms with Gasteiger partial charge in [0.1, 0.15) is 11.5 Å². The van der Waals surface area contributed by atoms with Gasteiger partial charge in [0, 0.05) is 23.3 Å². The zero-order chi connectivity index (χ0) is 15.8. The van der Waals surface area contributed by atoms with Crippen LogP contribution in [0.1, 0.15) is 24.0 Å². The fourth-order valence-electron chi connectivity index (χ4n) is 3.21. The monoisotopic (exact) mass is 298 g/mol. The van der Waals surface area contributed by atoms with Crippen molar-refractivity contribution in [2.45, 2.75) is 12.8 Å². The fraction of sp³-hybridized carbons (Fsp3) is 0.100. The Balaban J connectivity index is 2.03. The first kappa shape index (κ1) is 13.5. The van der Waals surface area contributed by atoms with Gasteiger partial charge in [-0.05, 0) is 30.0 Å². The Kier molecular flexibility index (Phi) is 3.09. The second kappa shape index (κ2) is 5.26. The van der Waals surface area contributed by atoms with E-state index in [0.29, 0.717) is 11.3 Å². The molecule has 1 aliphatic rings. The number of fused-ring (bicyclic) bond motifs is 3. The van der Waals surface area contributed by atoms with E-state index in [4.69, 9.17) is 4.74 Å². The maximum absolute atomic E-state index is 9.63. The lowest BCUT2D eigenvalue weighted by Gasteiger charge is -2.28. The fourth-order valence-corrected chi connectivity index (χ4v) is 3.21. The van der Waals surface area contributed by atoms with Gasteiger partial charge in [-0.3, -0.25) is 4.98 Å². The maximum Gasteiger partial charge on any atom is 0.138 e. The van der Waals surface area contributed by atoms with Crippen LogP contribution in [0.4, 0.5) is 0 Å². The summed E-state index contributed by atoms with van der Waals surface area (Å²) >= 11 is 0. The van der Waals surface area contributed by atoms with Crippen molar-refractivity contribution in [2.75, 3.05) is 0 Å². The minimum atomic E-state index is -0.114. The molecule has 0 amide bonds. The maximum atomic E-state index is 9.63. The number of ether oxygens (including phenoxy) is 1. The summed E-state index contributed by atoms with van der Waals surface area (Å²) in [6.45, 7) is 1.86. The van der Waals surface area contributed by atoms with Crippen molar-refractivity contribution in [3.8, 4) is 11.8 Å². The van der Waals surface area contributed by atoms with Crippen molar-refractivity contribution in [3.05, 3.63) is 83.4 Å². The van der Waals surface area contributed by atoms with Crippen LogP contribution in [0.25, 0.3) is 10.8 Å². The van der Waals surface area contributed by atoms with Gasteiger partial charge >= 0.3 is 0 Å². The Morgan fingerprint density at radius 2 is 1.83 bits per heavy atom. The first-order chi connectivity index (χ1) is 11.3. The van der Waals surface area contributed by atoms with Crippen molar-refractivity contribution in [2.24, 2.45) is 0 Å². The smallest absolute Gasteiger partial charge is 0.138 e. The van der Waals surface area contributed by atoms with Gasteiger partial charge in [0.15, 0.2) is 0 Å². The van der Waals surface area contributed by atoms with Crippen LogP contribution < -0.4 is 4.74 Å². The van der Waals surface area contributed by atoms with Crippen molar-refractivity contribution in [1.29, 1.82) is 5.26 Å². The lowest BCUT2D eigenvalue weighted by Crippen LogP contribution is -2.15. The van der Waals surface area contributed by atoms with E-state index in [9.17, 15) is 5.26 Å². The zero-order valence-electron chi connectivity index (χ0n) is 12.7. The minimum Gasteiger partial charge on any atom is -0.460 e. The average molecular weight is 298 g/mol. The molecule has 0 radical (unpaired) electrons. The van der Waals surface area contributed by atoms with Crippen LogP contribution in [0.5, 0.6) is 5.75 Å². The third-order valence-corrected chi connectivity index (χ3v) is 4.30. The van der Waals surface area contributed by atoms with E-state index in [1.807, 2.05) is 31.2 Å². The summed E-state index contributed by atoms with van der Waals surface area (Å²) < 4.78 is 6.04. The SMILES string of the molecule is CC1=C(C#N)C(c2ccncc2)c2ccc3ccccc3c2O1. The molecule has 2 aromatic carbocycles. The van der Waals surface area contributed by atoms with Crippen LogP contribution in [-0.2, 0) is 0 Å². The summed E-state index contributed by atoms with van der Waals surface area (Å²) in [4.78, 5) is 4.09. The van der Waals surface area contributed by atoms with Crippen molar-refractivity contribution in [1.82, 2.24) is 4.98 Å². The van der Waals surface area contributed by atoms with Crippen LogP contribution in [0, 0.1) is 11.3 Å². The quantitative estimate of drug-likeness (QED) is 0.661. The molecule has 0 fully saturated rings. The molecule has 23 heavy (non-hydrogen) atoms. The molecule has 1 aromatic heterocycles. The Morgan fingerprint density at radius 3 is 2.61 bits per heavy atom. The topological polar surface area (TPSA) is 45.9 Å². The second-order valence-electron chi connectivity index (χ2n) is 5.60. The lowest BCUT2D eigenvalue weighted by molar-refractivity contribution is 0.406. The third-order valence-electron chi connectivity index (χ3n) is 4.30. The number of rotatable bonds is 1. The van der Waals surface area contributed by atoms with E-state index in [0.717, 1.165) is 27.6 Å². The predicted molar refractivity (Wildman–Crippen MR) is 89.0 cm³/mol. The van der Waals surface area contributed by atoms with Gasteiger partial charge in [-0.25, -0.2) is 0 Å². The van der Waals surface area contributed by atoms with Gasteiger partial charge in [0.2, 0.25) is 0 Å². The standard InChI is InChI=1S/C20H14N2O/c1-13-18(12-21)19(15-8-10-22-11-9-15)17-7-6-14-4-2-3-5-16(14)20(17)23-13/h2-11,19H,1H3. The lowest BCUT2D eigenvalue weighted by atomic mass is 9.82. The van der Waals surface area contributed by atoms with Crippen molar-refractivity contribution < 1.29 is 4.74 Å². The molecule has 4 rings (SSSR count). The summed E-state index contributed by atoms with van der Waals surface area (Å²) in [5, 5.41) is 11.8. The minimum absolute atomic E-state index is 0.114. The summed E-state index contributed by atoms with van der Waals surface area (Å²) in [5.41, 5.74) is 2.73. The third kappa shape index (κ3) is 2.08. The largest absolute Gasteiger partial charge is 0.460 e. The van der Waals surface area contributed by atoms with Crippen LogP contribution in [0.15, 0.2) is 72.3 Å². The Hall–Kier alpha value is -3.12. The number of pyridine rings is 1. The van der Waals surface area contributed by atoms with E-state index in [1.165, 1.54) is 0 Å². The zero-order valence-corrected chi connectivity index (χ0v) is 12.7. The predicted octanol–water partition coefficient (Wildman–Crippen LogP) is 4.56. The van der Waals surface area contributed by atoms with Gasteiger partial charge in [-0.2, -0.15) is 5.26 Å².